The van der Waals surface area contributed by atoms with Gasteiger partial charge < -0.3 is 26.4 Å². The van der Waals surface area contributed by atoms with Crippen LogP contribution >= 0.6 is 0 Å². The Morgan fingerprint density at radius 1 is 1.11 bits per heavy atom. The molecule has 1 aliphatic carbocycles. The highest BCUT2D eigenvalue weighted by molar-refractivity contribution is 5.98. The Balaban J connectivity index is 1.35. The average molecular weight is 473 g/mol. The number of hydrogen-bond donors (Lipinski definition) is 4. The molecule has 180 valence electrons. The SMILES string of the molecule is CN1CC[C@H](NC(=O)c2nc(-c3cccc(C(=O)N[C@@H]4c5ccccc5C[C@@H]4O)c3)cnc2N)C1. The molecular weight excluding hydrogens is 444 g/mol. The molecule has 9 nitrogen and oxygen atoms in total. The number of carbonyl (C=O) groups excluding carboxylic acids is 2. The normalized spacial score (nSPS) is 21.5. The summed E-state index contributed by atoms with van der Waals surface area (Å²) in [6.07, 6.45) is 2.18. The Morgan fingerprint density at radius 2 is 1.94 bits per heavy atom. The van der Waals surface area contributed by atoms with E-state index >= 15 is 0 Å². The van der Waals surface area contributed by atoms with Gasteiger partial charge in [0.2, 0.25) is 0 Å². The molecule has 5 rings (SSSR count). The summed E-state index contributed by atoms with van der Waals surface area (Å²) >= 11 is 0. The Bertz CT molecular complexity index is 1280. The van der Waals surface area contributed by atoms with Crippen LogP contribution in [0, 0.1) is 0 Å². The van der Waals surface area contributed by atoms with E-state index in [0.29, 0.717) is 23.2 Å². The zero-order valence-corrected chi connectivity index (χ0v) is 19.4. The van der Waals surface area contributed by atoms with Crippen molar-refractivity contribution >= 4 is 17.6 Å². The first kappa shape index (κ1) is 22.9. The first-order valence-electron chi connectivity index (χ1n) is 11.7. The first-order valence-corrected chi connectivity index (χ1v) is 11.7. The highest BCUT2D eigenvalue weighted by Crippen LogP contribution is 2.31. The predicted octanol–water partition coefficient (Wildman–Crippen LogP) is 1.55. The summed E-state index contributed by atoms with van der Waals surface area (Å²) in [6.45, 7) is 1.70. The smallest absolute Gasteiger partial charge is 0.274 e. The lowest BCUT2D eigenvalue weighted by atomic mass is 10.1. The van der Waals surface area contributed by atoms with Gasteiger partial charge in [-0.1, -0.05) is 36.4 Å². The van der Waals surface area contributed by atoms with Crippen LogP contribution in [0.5, 0.6) is 0 Å². The molecule has 2 aliphatic rings. The standard InChI is InChI=1S/C26H28N6O3/c1-32-10-9-18(14-32)29-26(35)23-24(27)28-13-20(30-23)16-6-4-7-17(11-16)25(34)31-22-19-8-3-2-5-15(19)12-21(22)33/h2-8,11,13,18,21-22,33H,9-10,12,14H2,1H3,(H2,27,28)(H,29,35)(H,31,34)/t18-,21-,22+/m0/s1. The molecule has 0 saturated carbocycles. The lowest BCUT2D eigenvalue weighted by molar-refractivity contribution is 0.0857. The third-order valence-electron chi connectivity index (χ3n) is 6.65. The number of aromatic nitrogens is 2. The van der Waals surface area contributed by atoms with E-state index in [1.807, 2.05) is 31.3 Å². The maximum atomic E-state index is 13.0. The number of likely N-dealkylation sites (tertiary alicyclic amines) is 1. The summed E-state index contributed by atoms with van der Waals surface area (Å²) in [6, 6.07) is 14.2. The van der Waals surface area contributed by atoms with E-state index in [-0.39, 0.29) is 29.4 Å². The van der Waals surface area contributed by atoms with Crippen LogP contribution in [0.2, 0.25) is 0 Å². The van der Waals surface area contributed by atoms with Crippen LogP contribution in [-0.2, 0) is 6.42 Å². The van der Waals surface area contributed by atoms with Crippen molar-refractivity contribution < 1.29 is 14.7 Å². The van der Waals surface area contributed by atoms with Crippen molar-refractivity contribution in [3.05, 3.63) is 77.1 Å². The minimum absolute atomic E-state index is 0.0421. The van der Waals surface area contributed by atoms with E-state index in [1.54, 1.807) is 24.3 Å². The largest absolute Gasteiger partial charge is 0.390 e. The molecule has 0 spiro atoms. The van der Waals surface area contributed by atoms with E-state index in [9.17, 15) is 14.7 Å². The van der Waals surface area contributed by atoms with Crippen LogP contribution in [-0.4, -0.2) is 64.1 Å². The van der Waals surface area contributed by atoms with Crippen molar-refractivity contribution in [2.24, 2.45) is 0 Å². The fourth-order valence-electron chi connectivity index (χ4n) is 4.80. The highest BCUT2D eigenvalue weighted by Gasteiger charge is 2.32. The summed E-state index contributed by atoms with van der Waals surface area (Å²) in [5, 5.41) is 16.4. The number of nitrogens with zero attached hydrogens (tertiary/aromatic N) is 3. The van der Waals surface area contributed by atoms with Crippen LogP contribution in [0.3, 0.4) is 0 Å². The second-order valence-electron chi connectivity index (χ2n) is 9.21. The van der Waals surface area contributed by atoms with E-state index in [2.05, 4.69) is 25.5 Å². The number of aliphatic hydroxyl groups is 1. The molecule has 0 radical (unpaired) electrons. The van der Waals surface area contributed by atoms with Gasteiger partial charge in [-0.15, -0.1) is 0 Å². The number of amides is 2. The molecule has 3 atom stereocenters. The number of nitrogens with one attached hydrogen (secondary N) is 2. The number of hydrogen-bond acceptors (Lipinski definition) is 7. The number of nitrogens with two attached hydrogens (primary N) is 1. The van der Waals surface area contributed by atoms with Crippen molar-refractivity contribution in [1.82, 2.24) is 25.5 Å². The monoisotopic (exact) mass is 472 g/mol. The summed E-state index contributed by atoms with van der Waals surface area (Å²) < 4.78 is 0. The van der Waals surface area contributed by atoms with Crippen LogP contribution in [0.25, 0.3) is 11.3 Å². The molecule has 9 heteroatoms. The fraction of sp³-hybridized carbons (Fsp3) is 0.308. The van der Waals surface area contributed by atoms with Gasteiger partial charge in [0.1, 0.15) is 0 Å². The number of fused-ring (bicyclic) bond motifs is 1. The van der Waals surface area contributed by atoms with Gasteiger partial charge in [-0.05, 0) is 43.3 Å². The lowest BCUT2D eigenvalue weighted by Crippen LogP contribution is -2.37. The van der Waals surface area contributed by atoms with Gasteiger partial charge in [0.05, 0.1) is 24.0 Å². The second-order valence-corrected chi connectivity index (χ2v) is 9.21. The van der Waals surface area contributed by atoms with E-state index in [4.69, 9.17) is 5.73 Å². The van der Waals surface area contributed by atoms with E-state index < -0.39 is 12.1 Å². The topological polar surface area (TPSA) is 133 Å². The van der Waals surface area contributed by atoms with Gasteiger partial charge in [-0.2, -0.15) is 0 Å². The van der Waals surface area contributed by atoms with Crippen molar-refractivity contribution in [3.63, 3.8) is 0 Å². The number of anilines is 1. The Hall–Kier alpha value is -3.82. The first-order chi connectivity index (χ1) is 16.9. The van der Waals surface area contributed by atoms with Gasteiger partial charge in [-0.25, -0.2) is 9.97 Å². The van der Waals surface area contributed by atoms with Gasteiger partial charge in [-0.3, -0.25) is 9.59 Å². The summed E-state index contributed by atoms with van der Waals surface area (Å²) in [5.41, 5.74) is 9.47. The lowest BCUT2D eigenvalue weighted by Gasteiger charge is -2.18. The third kappa shape index (κ3) is 4.73. The minimum atomic E-state index is -0.678. The number of rotatable bonds is 5. The van der Waals surface area contributed by atoms with Crippen LogP contribution in [0.4, 0.5) is 5.82 Å². The third-order valence-corrected chi connectivity index (χ3v) is 6.65. The fourth-order valence-corrected chi connectivity index (χ4v) is 4.80. The van der Waals surface area contributed by atoms with Gasteiger partial charge in [0.15, 0.2) is 11.5 Å². The zero-order chi connectivity index (χ0) is 24.5. The van der Waals surface area contributed by atoms with Crippen molar-refractivity contribution in [2.45, 2.75) is 31.0 Å². The number of likely N-dealkylation sites (N-methyl/N-ethyl adjacent to an activating group) is 1. The van der Waals surface area contributed by atoms with Gasteiger partial charge >= 0.3 is 0 Å². The number of nitrogen functional groups attached to an aromatic ring is 1. The Labute approximate surface area is 203 Å². The van der Waals surface area contributed by atoms with Crippen molar-refractivity contribution in [2.75, 3.05) is 25.9 Å². The number of benzene rings is 2. The summed E-state index contributed by atoms with van der Waals surface area (Å²) in [7, 11) is 2.01. The van der Waals surface area contributed by atoms with Gasteiger partial charge in [0, 0.05) is 30.1 Å². The van der Waals surface area contributed by atoms with Crippen LogP contribution < -0.4 is 16.4 Å². The van der Waals surface area contributed by atoms with Gasteiger partial charge in [0.25, 0.3) is 11.8 Å². The maximum absolute atomic E-state index is 13.0. The maximum Gasteiger partial charge on any atom is 0.274 e. The molecular formula is C26H28N6O3. The molecule has 1 aromatic heterocycles. The zero-order valence-electron chi connectivity index (χ0n) is 19.4. The molecule has 3 aromatic rings. The molecule has 2 amide bonds. The molecule has 0 unspecified atom stereocenters. The number of aliphatic hydroxyl groups excluding tert-OH is 1. The predicted molar refractivity (Wildman–Crippen MR) is 132 cm³/mol. The van der Waals surface area contributed by atoms with Crippen molar-refractivity contribution in [3.8, 4) is 11.3 Å². The molecule has 35 heavy (non-hydrogen) atoms. The molecule has 5 N–H and O–H groups in total. The van der Waals surface area contributed by atoms with E-state index in [0.717, 1.165) is 30.6 Å². The van der Waals surface area contributed by atoms with Crippen molar-refractivity contribution in [1.29, 1.82) is 0 Å². The number of carbonyl (C=O) groups is 2. The Morgan fingerprint density at radius 3 is 2.74 bits per heavy atom. The Kier molecular flexibility index (Phi) is 6.19. The summed E-state index contributed by atoms with van der Waals surface area (Å²) in [4.78, 5) is 36.6. The molecule has 2 aromatic carbocycles. The average Bonchev–Trinajstić information content (AvgIpc) is 3.41. The minimum Gasteiger partial charge on any atom is -0.390 e. The second kappa shape index (κ2) is 9.44. The molecule has 2 heterocycles. The molecule has 1 saturated heterocycles. The quantitative estimate of drug-likeness (QED) is 0.443. The summed E-state index contributed by atoms with van der Waals surface area (Å²) in [5.74, 6) is -0.611. The van der Waals surface area contributed by atoms with Crippen LogP contribution in [0.15, 0.2) is 54.7 Å². The highest BCUT2D eigenvalue weighted by atomic mass is 16.3. The van der Waals surface area contributed by atoms with E-state index in [1.165, 1.54) is 6.20 Å². The molecule has 1 aliphatic heterocycles. The molecule has 1 fully saturated rings. The molecule has 0 bridgehead atoms. The van der Waals surface area contributed by atoms with Crippen LogP contribution in [0.1, 0.15) is 44.4 Å².